The first kappa shape index (κ1) is 23.2. The molecule has 2 heterocycles. The van der Waals surface area contributed by atoms with Crippen LogP contribution >= 0.6 is 0 Å². The molecule has 0 atom stereocenters. The van der Waals surface area contributed by atoms with E-state index in [1.165, 1.54) is 12.1 Å². The fourth-order valence-corrected chi connectivity index (χ4v) is 3.78. The summed E-state index contributed by atoms with van der Waals surface area (Å²) in [5, 5.41) is 11.7. The fraction of sp³-hybridized carbons (Fsp3) is 0.143. The van der Waals surface area contributed by atoms with E-state index in [1.807, 2.05) is 67.7 Å². The highest BCUT2D eigenvalue weighted by atomic mass is 19.1. The van der Waals surface area contributed by atoms with E-state index in [1.54, 1.807) is 16.8 Å². The predicted octanol–water partition coefficient (Wildman–Crippen LogP) is 5.29. The zero-order valence-corrected chi connectivity index (χ0v) is 19.7. The first-order chi connectivity index (χ1) is 17.5. The number of carbonyl (C=O) groups excluding carboxylic acids is 1. The van der Waals surface area contributed by atoms with Crippen LogP contribution in [0.5, 0.6) is 0 Å². The minimum atomic E-state index is -0.317. The quantitative estimate of drug-likeness (QED) is 0.326. The van der Waals surface area contributed by atoms with E-state index in [9.17, 15) is 9.18 Å². The molecular formula is C28H24FN5O2. The maximum absolute atomic E-state index is 13.5. The molecule has 0 saturated carbocycles. The number of rotatable bonds is 8. The summed E-state index contributed by atoms with van der Waals surface area (Å²) in [5.41, 5.74) is 5.17. The predicted molar refractivity (Wildman–Crippen MR) is 134 cm³/mol. The van der Waals surface area contributed by atoms with Crippen LogP contribution in [0.1, 0.15) is 23.4 Å². The van der Waals surface area contributed by atoms with Crippen LogP contribution in [-0.4, -0.2) is 25.8 Å². The maximum Gasteiger partial charge on any atom is 0.227 e. The van der Waals surface area contributed by atoms with E-state index in [0.717, 1.165) is 27.9 Å². The Labute approximate surface area is 207 Å². The summed E-state index contributed by atoms with van der Waals surface area (Å²) in [6.45, 7) is 2.29. The van der Waals surface area contributed by atoms with Gasteiger partial charge in [-0.05, 0) is 43.3 Å². The SMILES string of the molecule is Cc1ccc(-c2noc(CCC(=O)NCc3cn(-c4ccccc4)nc3-c3ccc(F)cc3)n2)cc1. The molecule has 5 rings (SSSR count). The van der Waals surface area contributed by atoms with E-state index < -0.39 is 0 Å². The van der Waals surface area contributed by atoms with E-state index in [-0.39, 0.29) is 24.7 Å². The summed E-state index contributed by atoms with van der Waals surface area (Å²) < 4.78 is 20.5. The smallest absolute Gasteiger partial charge is 0.227 e. The van der Waals surface area contributed by atoms with Crippen LogP contribution in [0.25, 0.3) is 28.3 Å². The van der Waals surface area contributed by atoms with E-state index in [4.69, 9.17) is 9.62 Å². The minimum absolute atomic E-state index is 0.150. The molecule has 1 N–H and O–H groups in total. The van der Waals surface area contributed by atoms with Crippen molar-refractivity contribution in [2.75, 3.05) is 0 Å². The van der Waals surface area contributed by atoms with Gasteiger partial charge in [-0.1, -0.05) is 53.2 Å². The third kappa shape index (κ3) is 5.38. The molecule has 0 radical (unpaired) electrons. The lowest BCUT2D eigenvalue weighted by atomic mass is 10.1. The Morgan fingerprint density at radius 2 is 1.69 bits per heavy atom. The van der Waals surface area contributed by atoms with Gasteiger partial charge in [0, 0.05) is 42.3 Å². The number of hydrogen-bond donors (Lipinski definition) is 1. The molecule has 180 valence electrons. The summed E-state index contributed by atoms with van der Waals surface area (Å²) in [4.78, 5) is 17.0. The van der Waals surface area contributed by atoms with E-state index >= 15 is 0 Å². The Kier molecular flexibility index (Phi) is 6.66. The largest absolute Gasteiger partial charge is 0.352 e. The fourth-order valence-electron chi connectivity index (χ4n) is 3.78. The molecule has 1 amide bonds. The number of halogens is 1. The van der Waals surface area contributed by atoms with Crippen molar-refractivity contribution in [2.45, 2.75) is 26.3 Å². The van der Waals surface area contributed by atoms with Gasteiger partial charge in [0.05, 0.1) is 11.4 Å². The Balaban J connectivity index is 1.25. The van der Waals surface area contributed by atoms with Crippen molar-refractivity contribution < 1.29 is 13.7 Å². The standard InChI is InChI=1S/C28H24FN5O2/c1-19-7-9-21(10-8-19)28-31-26(36-33-28)16-15-25(35)30-17-22-18-34(24-5-3-2-4-6-24)32-27(22)20-11-13-23(29)14-12-20/h2-14,18H,15-17H2,1H3,(H,30,35). The molecule has 0 unspecified atom stereocenters. The van der Waals surface area contributed by atoms with Crippen molar-refractivity contribution in [2.24, 2.45) is 0 Å². The normalized spacial score (nSPS) is 10.9. The number of hydrogen-bond acceptors (Lipinski definition) is 5. The van der Waals surface area contributed by atoms with Crippen LogP contribution in [0.4, 0.5) is 4.39 Å². The van der Waals surface area contributed by atoms with Crippen molar-refractivity contribution in [3.8, 4) is 28.3 Å². The van der Waals surface area contributed by atoms with Crippen molar-refractivity contribution in [3.05, 3.63) is 108 Å². The highest BCUT2D eigenvalue weighted by molar-refractivity contribution is 5.76. The molecule has 0 aliphatic heterocycles. The summed E-state index contributed by atoms with van der Waals surface area (Å²) in [7, 11) is 0. The molecule has 7 nitrogen and oxygen atoms in total. The monoisotopic (exact) mass is 481 g/mol. The zero-order valence-electron chi connectivity index (χ0n) is 19.7. The third-order valence-corrected chi connectivity index (χ3v) is 5.75. The average Bonchev–Trinajstić information content (AvgIpc) is 3.55. The summed E-state index contributed by atoms with van der Waals surface area (Å²) in [6, 6.07) is 23.7. The molecule has 0 bridgehead atoms. The molecule has 0 saturated heterocycles. The van der Waals surface area contributed by atoms with Crippen LogP contribution in [0.15, 0.2) is 89.6 Å². The molecule has 2 aromatic heterocycles. The van der Waals surface area contributed by atoms with Gasteiger partial charge in [-0.3, -0.25) is 4.79 Å². The van der Waals surface area contributed by atoms with E-state index in [0.29, 0.717) is 23.8 Å². The van der Waals surface area contributed by atoms with Crippen molar-refractivity contribution in [1.29, 1.82) is 0 Å². The third-order valence-electron chi connectivity index (χ3n) is 5.75. The lowest BCUT2D eigenvalue weighted by Gasteiger charge is -2.05. The molecular weight excluding hydrogens is 457 g/mol. The second-order valence-electron chi connectivity index (χ2n) is 8.44. The number of nitrogens with one attached hydrogen (secondary N) is 1. The highest BCUT2D eigenvalue weighted by Crippen LogP contribution is 2.24. The van der Waals surface area contributed by atoms with Gasteiger partial charge in [-0.15, -0.1) is 0 Å². The highest BCUT2D eigenvalue weighted by Gasteiger charge is 2.15. The van der Waals surface area contributed by atoms with Gasteiger partial charge in [0.15, 0.2) is 0 Å². The molecule has 36 heavy (non-hydrogen) atoms. The number of amides is 1. The summed E-state index contributed by atoms with van der Waals surface area (Å²) in [6.07, 6.45) is 2.41. The Hall–Kier alpha value is -4.59. The van der Waals surface area contributed by atoms with Crippen molar-refractivity contribution in [3.63, 3.8) is 0 Å². The molecule has 0 spiro atoms. The molecule has 0 aliphatic carbocycles. The Morgan fingerprint density at radius 1 is 0.972 bits per heavy atom. The number of aromatic nitrogens is 4. The second kappa shape index (κ2) is 10.4. The van der Waals surface area contributed by atoms with Gasteiger partial charge < -0.3 is 9.84 Å². The van der Waals surface area contributed by atoms with Crippen LogP contribution in [0.3, 0.4) is 0 Å². The molecule has 0 aliphatic rings. The topological polar surface area (TPSA) is 85.8 Å². The van der Waals surface area contributed by atoms with Gasteiger partial charge in [-0.25, -0.2) is 9.07 Å². The van der Waals surface area contributed by atoms with Gasteiger partial charge in [0.2, 0.25) is 17.6 Å². The summed E-state index contributed by atoms with van der Waals surface area (Å²) in [5.74, 6) is 0.442. The lowest BCUT2D eigenvalue weighted by Crippen LogP contribution is -2.23. The van der Waals surface area contributed by atoms with Gasteiger partial charge in [0.1, 0.15) is 5.82 Å². The van der Waals surface area contributed by atoms with Crippen LogP contribution in [0, 0.1) is 12.7 Å². The van der Waals surface area contributed by atoms with Crippen LogP contribution in [-0.2, 0) is 17.8 Å². The Bertz CT molecular complexity index is 1460. The van der Waals surface area contributed by atoms with Gasteiger partial charge in [-0.2, -0.15) is 10.1 Å². The lowest BCUT2D eigenvalue weighted by molar-refractivity contribution is -0.121. The summed E-state index contributed by atoms with van der Waals surface area (Å²) >= 11 is 0. The van der Waals surface area contributed by atoms with Gasteiger partial charge in [0.25, 0.3) is 0 Å². The first-order valence-electron chi connectivity index (χ1n) is 11.6. The minimum Gasteiger partial charge on any atom is -0.352 e. The molecule has 0 fully saturated rings. The van der Waals surface area contributed by atoms with Crippen LogP contribution < -0.4 is 5.32 Å². The number of aryl methyl sites for hydroxylation is 2. The Morgan fingerprint density at radius 3 is 2.44 bits per heavy atom. The number of para-hydroxylation sites is 1. The van der Waals surface area contributed by atoms with Crippen LogP contribution in [0.2, 0.25) is 0 Å². The van der Waals surface area contributed by atoms with Crippen molar-refractivity contribution >= 4 is 5.91 Å². The van der Waals surface area contributed by atoms with Crippen molar-refractivity contribution in [1.82, 2.24) is 25.2 Å². The van der Waals surface area contributed by atoms with Gasteiger partial charge >= 0.3 is 0 Å². The zero-order chi connectivity index (χ0) is 24.9. The molecule has 8 heteroatoms. The van der Waals surface area contributed by atoms with E-state index in [2.05, 4.69) is 15.5 Å². The average molecular weight is 482 g/mol. The number of nitrogens with zero attached hydrogens (tertiary/aromatic N) is 4. The maximum atomic E-state index is 13.5. The first-order valence-corrected chi connectivity index (χ1v) is 11.6. The number of benzene rings is 3. The molecule has 5 aromatic rings. The number of carbonyl (C=O) groups is 1. The second-order valence-corrected chi connectivity index (χ2v) is 8.44. The molecule has 3 aromatic carbocycles.